The molecule has 0 spiro atoms. The van der Waals surface area contributed by atoms with Gasteiger partial charge < -0.3 is 14.2 Å². The number of nitrogens with zero attached hydrogens (tertiary/aromatic N) is 1. The number of rotatable bonds is 9. The Kier molecular flexibility index (Phi) is 8.38. The Hall–Kier alpha value is -4.36. The molecule has 0 heterocycles. The zero-order chi connectivity index (χ0) is 26.2. The average Bonchev–Trinajstić information content (AvgIpc) is 2.90. The maximum atomic E-state index is 12.5. The van der Waals surface area contributed by atoms with Crippen LogP contribution in [0.3, 0.4) is 0 Å². The number of benzene rings is 4. The van der Waals surface area contributed by atoms with Crippen LogP contribution in [0, 0.1) is 0 Å². The lowest BCUT2D eigenvalue weighted by molar-refractivity contribution is -0.127. The number of esters is 1. The van der Waals surface area contributed by atoms with Gasteiger partial charge in [0, 0.05) is 10.4 Å². The molecule has 1 unspecified atom stereocenters. The molecule has 4 aromatic rings. The zero-order valence-electron chi connectivity index (χ0n) is 20.3. The lowest BCUT2D eigenvalue weighted by Crippen LogP contribution is -2.33. The molecule has 0 saturated carbocycles. The minimum absolute atomic E-state index is 0.264. The highest BCUT2D eigenvalue weighted by molar-refractivity contribution is 6.30. The van der Waals surface area contributed by atoms with Crippen molar-refractivity contribution in [3.63, 3.8) is 0 Å². The quantitative estimate of drug-likeness (QED) is 0.127. The Morgan fingerprint density at radius 3 is 2.49 bits per heavy atom. The third-order valence-electron chi connectivity index (χ3n) is 5.36. The normalized spacial score (nSPS) is 11.8. The first-order valence-corrected chi connectivity index (χ1v) is 12.0. The predicted octanol–water partition coefficient (Wildman–Crippen LogP) is 6.03. The van der Waals surface area contributed by atoms with Crippen LogP contribution < -0.4 is 19.6 Å². The van der Waals surface area contributed by atoms with Gasteiger partial charge in [-0.25, -0.2) is 10.2 Å². The number of hydrogen-bond donors (Lipinski definition) is 1. The van der Waals surface area contributed by atoms with E-state index in [4.69, 9.17) is 25.8 Å². The van der Waals surface area contributed by atoms with Crippen LogP contribution in [0.1, 0.15) is 29.8 Å². The van der Waals surface area contributed by atoms with Crippen molar-refractivity contribution in [3.05, 3.63) is 101 Å². The summed E-state index contributed by atoms with van der Waals surface area (Å²) in [6.45, 7) is 3.85. The highest BCUT2D eigenvalue weighted by Gasteiger charge is 2.16. The first kappa shape index (κ1) is 25.7. The van der Waals surface area contributed by atoms with E-state index in [0.717, 1.165) is 10.8 Å². The van der Waals surface area contributed by atoms with E-state index < -0.39 is 18.0 Å². The minimum Gasteiger partial charge on any atom is -0.490 e. The van der Waals surface area contributed by atoms with Crippen LogP contribution in [0.4, 0.5) is 0 Å². The second kappa shape index (κ2) is 12.1. The first-order chi connectivity index (χ1) is 17.9. The van der Waals surface area contributed by atoms with E-state index >= 15 is 0 Å². The fraction of sp³-hybridized carbons (Fsp3) is 0.138. The Morgan fingerprint density at radius 2 is 1.70 bits per heavy atom. The van der Waals surface area contributed by atoms with E-state index in [1.54, 1.807) is 49.4 Å². The van der Waals surface area contributed by atoms with Crippen LogP contribution in [0.2, 0.25) is 5.02 Å². The number of hydrazone groups is 1. The lowest BCUT2D eigenvalue weighted by Gasteiger charge is -2.14. The predicted molar refractivity (Wildman–Crippen MR) is 144 cm³/mol. The van der Waals surface area contributed by atoms with Gasteiger partial charge in [0.05, 0.1) is 18.4 Å². The molecule has 0 saturated heterocycles. The highest BCUT2D eigenvalue weighted by Crippen LogP contribution is 2.29. The number of nitrogens with one attached hydrogen (secondary N) is 1. The molecule has 0 radical (unpaired) electrons. The molecule has 0 aliphatic rings. The van der Waals surface area contributed by atoms with Crippen molar-refractivity contribution in [1.29, 1.82) is 0 Å². The molecule has 1 N–H and O–H groups in total. The number of hydrogen-bond acceptors (Lipinski definition) is 6. The first-order valence-electron chi connectivity index (χ1n) is 11.7. The molecule has 0 fully saturated rings. The minimum atomic E-state index is -0.767. The van der Waals surface area contributed by atoms with Crippen molar-refractivity contribution in [3.8, 4) is 17.2 Å². The number of carbonyl (C=O) groups excluding carboxylic acids is 2. The van der Waals surface area contributed by atoms with Gasteiger partial charge in [0.15, 0.2) is 17.6 Å². The Morgan fingerprint density at radius 1 is 0.946 bits per heavy atom. The molecule has 4 aromatic carbocycles. The van der Waals surface area contributed by atoms with Gasteiger partial charge in [-0.05, 0) is 73.3 Å². The summed E-state index contributed by atoms with van der Waals surface area (Å²) >= 11 is 5.88. The molecule has 7 nitrogen and oxygen atoms in total. The molecular weight excluding hydrogens is 492 g/mol. The van der Waals surface area contributed by atoms with Gasteiger partial charge >= 0.3 is 5.97 Å². The molecule has 1 amide bonds. The second-order valence-corrected chi connectivity index (χ2v) is 8.44. The van der Waals surface area contributed by atoms with E-state index in [1.807, 2.05) is 49.4 Å². The van der Waals surface area contributed by atoms with Gasteiger partial charge in [-0.2, -0.15) is 5.10 Å². The maximum absolute atomic E-state index is 12.5. The molecular formula is C29H25ClN2O5. The van der Waals surface area contributed by atoms with E-state index in [9.17, 15) is 9.59 Å². The summed E-state index contributed by atoms with van der Waals surface area (Å²) in [7, 11) is 0. The number of carbonyl (C=O) groups is 2. The van der Waals surface area contributed by atoms with Crippen molar-refractivity contribution < 1.29 is 23.8 Å². The lowest BCUT2D eigenvalue weighted by atomic mass is 10.1. The molecule has 0 bridgehead atoms. The highest BCUT2D eigenvalue weighted by atomic mass is 35.5. The van der Waals surface area contributed by atoms with Gasteiger partial charge in [0.2, 0.25) is 0 Å². The van der Waals surface area contributed by atoms with Crippen molar-refractivity contribution >= 4 is 40.5 Å². The second-order valence-electron chi connectivity index (χ2n) is 8.01. The SMILES string of the molecule is CCOc1cc(/C=N/NC(=O)C(C)Oc2cccc3ccccc23)ccc1OC(=O)c1ccc(Cl)cc1. The van der Waals surface area contributed by atoms with E-state index in [2.05, 4.69) is 10.5 Å². The summed E-state index contributed by atoms with van der Waals surface area (Å²) in [5, 5.41) is 6.51. The van der Waals surface area contributed by atoms with Gasteiger partial charge in [-0.3, -0.25) is 4.79 Å². The third-order valence-corrected chi connectivity index (χ3v) is 5.61. The molecule has 37 heavy (non-hydrogen) atoms. The van der Waals surface area contributed by atoms with E-state index in [-0.39, 0.29) is 5.75 Å². The summed E-state index contributed by atoms with van der Waals surface area (Å²) in [5.41, 5.74) is 3.49. The Labute approximate surface area is 219 Å². The van der Waals surface area contributed by atoms with Crippen LogP contribution in [0.5, 0.6) is 17.2 Å². The van der Waals surface area contributed by atoms with Gasteiger partial charge in [0.1, 0.15) is 5.75 Å². The molecule has 188 valence electrons. The van der Waals surface area contributed by atoms with Crippen LogP contribution in [-0.2, 0) is 4.79 Å². The summed E-state index contributed by atoms with van der Waals surface area (Å²) in [6, 6.07) is 24.8. The van der Waals surface area contributed by atoms with Crippen molar-refractivity contribution in [2.75, 3.05) is 6.61 Å². The number of amides is 1. The van der Waals surface area contributed by atoms with Crippen LogP contribution >= 0.6 is 11.6 Å². The average molecular weight is 517 g/mol. The summed E-state index contributed by atoms with van der Waals surface area (Å²) in [5.74, 6) is 0.317. The fourth-order valence-electron chi connectivity index (χ4n) is 3.51. The molecule has 8 heteroatoms. The number of halogens is 1. The standard InChI is InChI=1S/C29H25ClN2O5/c1-3-35-27-17-20(11-16-26(27)37-29(34)22-12-14-23(30)15-13-22)18-31-32-28(33)19(2)36-25-10-6-8-21-7-4-5-9-24(21)25/h4-19H,3H2,1-2H3,(H,32,33)/b31-18+. The van der Waals surface area contributed by atoms with E-state index in [0.29, 0.717) is 34.3 Å². The van der Waals surface area contributed by atoms with Crippen molar-refractivity contribution in [2.24, 2.45) is 5.10 Å². The third kappa shape index (κ3) is 6.65. The zero-order valence-corrected chi connectivity index (χ0v) is 21.1. The number of fused-ring (bicyclic) bond motifs is 1. The van der Waals surface area contributed by atoms with E-state index in [1.165, 1.54) is 6.21 Å². The van der Waals surface area contributed by atoms with Crippen LogP contribution in [-0.4, -0.2) is 30.8 Å². The smallest absolute Gasteiger partial charge is 0.343 e. The van der Waals surface area contributed by atoms with Gasteiger partial charge in [-0.15, -0.1) is 0 Å². The van der Waals surface area contributed by atoms with Gasteiger partial charge in [0.25, 0.3) is 5.91 Å². The summed E-state index contributed by atoms with van der Waals surface area (Å²) in [4.78, 5) is 25.0. The monoisotopic (exact) mass is 516 g/mol. The molecule has 0 aliphatic carbocycles. The van der Waals surface area contributed by atoms with Crippen LogP contribution in [0.25, 0.3) is 10.8 Å². The summed E-state index contributed by atoms with van der Waals surface area (Å²) < 4.78 is 17.0. The molecule has 0 aliphatic heterocycles. The van der Waals surface area contributed by atoms with Crippen LogP contribution in [0.15, 0.2) is 90.0 Å². The maximum Gasteiger partial charge on any atom is 0.343 e. The Bertz CT molecular complexity index is 1430. The molecule has 4 rings (SSSR count). The van der Waals surface area contributed by atoms with Gasteiger partial charge in [-0.1, -0.05) is 48.0 Å². The Balaban J connectivity index is 1.39. The number of ether oxygens (including phenoxy) is 3. The molecule has 0 aromatic heterocycles. The summed E-state index contributed by atoms with van der Waals surface area (Å²) in [6.07, 6.45) is 0.701. The van der Waals surface area contributed by atoms with Crippen molar-refractivity contribution in [2.45, 2.75) is 20.0 Å². The molecule has 1 atom stereocenters. The fourth-order valence-corrected chi connectivity index (χ4v) is 3.63. The topological polar surface area (TPSA) is 86.2 Å². The van der Waals surface area contributed by atoms with Crippen molar-refractivity contribution in [1.82, 2.24) is 5.43 Å². The largest absolute Gasteiger partial charge is 0.490 e.